The van der Waals surface area contributed by atoms with E-state index in [0.717, 1.165) is 7.05 Å². The summed E-state index contributed by atoms with van der Waals surface area (Å²) in [6.45, 7) is -0.0163. The molecule has 19 heavy (non-hydrogen) atoms. The lowest BCUT2D eigenvalue weighted by Crippen LogP contribution is -2.36. The number of aliphatic carboxylic acids is 1. The molecule has 0 fully saturated rings. The van der Waals surface area contributed by atoms with Crippen molar-refractivity contribution in [2.75, 3.05) is 13.6 Å². The maximum Gasteiger partial charge on any atom is 0.413 e. The molecule has 0 aliphatic heterocycles. The molecule has 1 atom stereocenters. The van der Waals surface area contributed by atoms with Crippen LogP contribution in [0, 0.1) is 0 Å². The smallest absolute Gasteiger partial charge is 0.413 e. The predicted octanol–water partition coefficient (Wildman–Crippen LogP) is -1.18. The van der Waals surface area contributed by atoms with Gasteiger partial charge in [0.15, 0.2) is 0 Å². The van der Waals surface area contributed by atoms with E-state index in [0.29, 0.717) is 4.90 Å². The molecule has 0 bridgehead atoms. The zero-order chi connectivity index (χ0) is 15.0. The number of amides is 3. The van der Waals surface area contributed by atoms with Crippen LogP contribution in [0.25, 0.3) is 0 Å². The van der Waals surface area contributed by atoms with Gasteiger partial charge in [-0.05, 0) is 6.42 Å². The standard InChI is InChI=1S/C10H17N3O6/c1-13(10(18)19)8(15)4-5-12-7(14)3-2-6(11)9(16)17/h6H,2-5,11H2,1H3,(H,12,14)(H,16,17)(H,18,19). The highest BCUT2D eigenvalue weighted by Gasteiger charge is 2.16. The minimum Gasteiger partial charge on any atom is -0.480 e. The first kappa shape index (κ1) is 16.8. The van der Waals surface area contributed by atoms with Crippen LogP contribution in [-0.4, -0.2) is 58.6 Å². The molecule has 0 aromatic carbocycles. The Hall–Kier alpha value is -2.16. The summed E-state index contributed by atoms with van der Waals surface area (Å²) < 4.78 is 0. The number of imide groups is 1. The Morgan fingerprint density at radius 1 is 1.21 bits per heavy atom. The van der Waals surface area contributed by atoms with Crippen molar-refractivity contribution in [3.8, 4) is 0 Å². The van der Waals surface area contributed by atoms with E-state index < -0.39 is 29.9 Å². The average molecular weight is 275 g/mol. The molecule has 0 aromatic rings. The van der Waals surface area contributed by atoms with Gasteiger partial charge < -0.3 is 21.3 Å². The van der Waals surface area contributed by atoms with E-state index in [1.807, 2.05) is 0 Å². The second-order valence-corrected chi connectivity index (χ2v) is 3.82. The van der Waals surface area contributed by atoms with Gasteiger partial charge in [0.1, 0.15) is 6.04 Å². The highest BCUT2D eigenvalue weighted by molar-refractivity contribution is 5.91. The van der Waals surface area contributed by atoms with Crippen LogP contribution < -0.4 is 11.1 Å². The van der Waals surface area contributed by atoms with Crippen molar-refractivity contribution in [1.29, 1.82) is 0 Å². The van der Waals surface area contributed by atoms with Crippen molar-refractivity contribution < 1.29 is 29.4 Å². The molecule has 108 valence electrons. The summed E-state index contributed by atoms with van der Waals surface area (Å²) >= 11 is 0. The first-order valence-electron chi connectivity index (χ1n) is 5.50. The van der Waals surface area contributed by atoms with Crippen molar-refractivity contribution in [1.82, 2.24) is 10.2 Å². The molecule has 5 N–H and O–H groups in total. The molecule has 0 spiro atoms. The van der Waals surface area contributed by atoms with E-state index in [-0.39, 0.29) is 25.8 Å². The lowest BCUT2D eigenvalue weighted by Gasteiger charge is -2.11. The number of hydrogen-bond acceptors (Lipinski definition) is 5. The highest BCUT2D eigenvalue weighted by Crippen LogP contribution is 1.95. The van der Waals surface area contributed by atoms with Crippen LogP contribution >= 0.6 is 0 Å². The lowest BCUT2D eigenvalue weighted by atomic mass is 10.1. The summed E-state index contributed by atoms with van der Waals surface area (Å²) in [5, 5.41) is 19.4. The third-order valence-corrected chi connectivity index (χ3v) is 2.32. The third kappa shape index (κ3) is 6.99. The molecule has 0 heterocycles. The molecule has 0 radical (unpaired) electrons. The van der Waals surface area contributed by atoms with Gasteiger partial charge in [0.2, 0.25) is 11.8 Å². The zero-order valence-corrected chi connectivity index (χ0v) is 10.5. The predicted molar refractivity (Wildman–Crippen MR) is 63.3 cm³/mol. The molecule has 9 heteroatoms. The van der Waals surface area contributed by atoms with Gasteiger partial charge in [0.25, 0.3) is 0 Å². The first-order valence-corrected chi connectivity index (χ1v) is 5.50. The van der Waals surface area contributed by atoms with E-state index in [1.165, 1.54) is 0 Å². The van der Waals surface area contributed by atoms with Gasteiger partial charge in [0.05, 0.1) is 0 Å². The van der Waals surface area contributed by atoms with Crippen LogP contribution in [0.15, 0.2) is 0 Å². The number of rotatable bonds is 7. The van der Waals surface area contributed by atoms with Crippen molar-refractivity contribution >= 4 is 23.9 Å². The number of carboxylic acid groups (broad SMARTS) is 2. The summed E-state index contributed by atoms with van der Waals surface area (Å²) in [5.41, 5.74) is 5.21. The van der Waals surface area contributed by atoms with Gasteiger partial charge in [-0.3, -0.25) is 19.3 Å². The SMILES string of the molecule is CN(C(=O)O)C(=O)CCNC(=O)CCC(N)C(=O)O. The molecule has 0 aliphatic rings. The van der Waals surface area contributed by atoms with Crippen LogP contribution in [0.3, 0.4) is 0 Å². The Labute approximate surface area is 109 Å². The Kier molecular flexibility index (Phi) is 7.12. The molecule has 1 unspecified atom stereocenters. The Bertz CT molecular complexity index is 370. The van der Waals surface area contributed by atoms with Crippen LogP contribution in [-0.2, 0) is 14.4 Å². The molecule has 0 rings (SSSR count). The fourth-order valence-corrected chi connectivity index (χ4v) is 1.08. The van der Waals surface area contributed by atoms with E-state index >= 15 is 0 Å². The van der Waals surface area contributed by atoms with Gasteiger partial charge in [-0.25, -0.2) is 4.79 Å². The van der Waals surface area contributed by atoms with Crippen molar-refractivity contribution in [2.45, 2.75) is 25.3 Å². The Morgan fingerprint density at radius 2 is 1.79 bits per heavy atom. The number of carboxylic acids is 1. The summed E-state index contributed by atoms with van der Waals surface area (Å²) in [5.74, 6) is -2.27. The van der Waals surface area contributed by atoms with E-state index in [2.05, 4.69) is 5.32 Å². The fraction of sp³-hybridized carbons (Fsp3) is 0.600. The zero-order valence-electron chi connectivity index (χ0n) is 10.5. The molecule has 9 nitrogen and oxygen atoms in total. The third-order valence-electron chi connectivity index (χ3n) is 2.32. The van der Waals surface area contributed by atoms with E-state index in [4.69, 9.17) is 15.9 Å². The largest absolute Gasteiger partial charge is 0.480 e. The molecule has 3 amide bonds. The normalized spacial score (nSPS) is 11.5. The lowest BCUT2D eigenvalue weighted by molar-refractivity contribution is -0.138. The van der Waals surface area contributed by atoms with Crippen LogP contribution in [0.5, 0.6) is 0 Å². The number of nitrogens with zero attached hydrogens (tertiary/aromatic N) is 1. The Morgan fingerprint density at radius 3 is 2.26 bits per heavy atom. The fourth-order valence-electron chi connectivity index (χ4n) is 1.08. The summed E-state index contributed by atoms with van der Waals surface area (Å²) in [4.78, 5) is 43.8. The van der Waals surface area contributed by atoms with Gasteiger partial charge in [-0.1, -0.05) is 0 Å². The Balaban J connectivity index is 3.84. The molecule has 0 saturated heterocycles. The first-order chi connectivity index (χ1) is 8.75. The van der Waals surface area contributed by atoms with Crippen LogP contribution in [0.4, 0.5) is 4.79 Å². The number of carbonyl (C=O) groups excluding carboxylic acids is 2. The van der Waals surface area contributed by atoms with Crippen molar-refractivity contribution in [2.24, 2.45) is 5.73 Å². The second-order valence-electron chi connectivity index (χ2n) is 3.82. The number of hydrogen-bond donors (Lipinski definition) is 4. The molecule has 0 aromatic heterocycles. The maximum atomic E-state index is 11.3. The highest BCUT2D eigenvalue weighted by atomic mass is 16.4. The molecular weight excluding hydrogens is 258 g/mol. The summed E-state index contributed by atoms with van der Waals surface area (Å²) in [6.07, 6.45) is -1.61. The molecule has 0 saturated carbocycles. The number of nitrogens with one attached hydrogen (secondary N) is 1. The van der Waals surface area contributed by atoms with E-state index in [1.54, 1.807) is 0 Å². The minimum absolute atomic E-state index is 0.00978. The van der Waals surface area contributed by atoms with E-state index in [9.17, 15) is 19.2 Å². The molecular formula is C10H17N3O6. The number of carbonyl (C=O) groups is 4. The second kappa shape index (κ2) is 8.03. The maximum absolute atomic E-state index is 11.3. The molecule has 0 aliphatic carbocycles. The topological polar surface area (TPSA) is 150 Å². The van der Waals surface area contributed by atoms with Crippen molar-refractivity contribution in [3.05, 3.63) is 0 Å². The average Bonchev–Trinajstić information content (AvgIpc) is 2.34. The summed E-state index contributed by atoms with van der Waals surface area (Å²) in [6, 6.07) is -1.11. The monoisotopic (exact) mass is 275 g/mol. The van der Waals surface area contributed by atoms with Gasteiger partial charge >= 0.3 is 12.1 Å². The van der Waals surface area contributed by atoms with Gasteiger partial charge in [-0.2, -0.15) is 0 Å². The summed E-state index contributed by atoms with van der Waals surface area (Å²) in [7, 11) is 1.11. The van der Waals surface area contributed by atoms with Gasteiger partial charge in [0, 0.05) is 26.4 Å². The quantitative estimate of drug-likeness (QED) is 0.456. The van der Waals surface area contributed by atoms with Gasteiger partial charge in [-0.15, -0.1) is 0 Å². The van der Waals surface area contributed by atoms with Crippen LogP contribution in [0.2, 0.25) is 0 Å². The number of nitrogens with two attached hydrogens (primary N) is 1. The van der Waals surface area contributed by atoms with Crippen molar-refractivity contribution in [3.63, 3.8) is 0 Å². The minimum atomic E-state index is -1.37. The van der Waals surface area contributed by atoms with Crippen LogP contribution in [0.1, 0.15) is 19.3 Å².